The number of aliphatic hydroxyl groups excluding tert-OH is 2. The molecular formula is C10H12ClN5O4. The Morgan fingerprint density at radius 3 is 2.90 bits per heavy atom. The summed E-state index contributed by atoms with van der Waals surface area (Å²) in [5.41, 5.74) is 8.78. The van der Waals surface area contributed by atoms with Crippen molar-refractivity contribution in [1.29, 1.82) is 0 Å². The van der Waals surface area contributed by atoms with E-state index in [4.69, 9.17) is 32.9 Å². The summed E-state index contributed by atoms with van der Waals surface area (Å²) in [6.45, 7) is -0.509. The molecule has 2 rings (SSSR count). The fourth-order valence-corrected chi connectivity index (χ4v) is 2.14. The van der Waals surface area contributed by atoms with E-state index in [2.05, 4.69) is 21.3 Å². The predicted octanol–water partition coefficient (Wildman–Crippen LogP) is -2.63. The zero-order valence-electron chi connectivity index (χ0n) is 10.1. The van der Waals surface area contributed by atoms with E-state index in [-0.39, 0.29) is 5.95 Å². The van der Waals surface area contributed by atoms with Crippen LogP contribution in [0.2, 0.25) is 0 Å². The lowest BCUT2D eigenvalue weighted by atomic mass is 9.92. The summed E-state index contributed by atoms with van der Waals surface area (Å²) in [4.78, 5) is 18.9. The minimum Gasteiger partial charge on any atom is -0.394 e. The van der Waals surface area contributed by atoms with Crippen molar-refractivity contribution in [2.75, 3.05) is 12.3 Å². The van der Waals surface area contributed by atoms with Crippen molar-refractivity contribution in [2.45, 2.75) is 24.0 Å². The lowest BCUT2D eigenvalue weighted by Crippen LogP contribution is -2.55. The number of anilines is 1. The van der Waals surface area contributed by atoms with Gasteiger partial charge in [-0.05, 0) is 11.6 Å². The molecule has 0 aliphatic carbocycles. The normalized spacial score (nSPS) is 32.7. The van der Waals surface area contributed by atoms with E-state index >= 15 is 0 Å². The van der Waals surface area contributed by atoms with Gasteiger partial charge in [0.2, 0.25) is 5.95 Å². The molecule has 1 aromatic heterocycles. The average Bonchev–Trinajstić information content (AvgIpc) is 2.63. The van der Waals surface area contributed by atoms with Crippen molar-refractivity contribution in [1.82, 2.24) is 14.5 Å². The Morgan fingerprint density at radius 2 is 2.35 bits per heavy atom. The molecule has 0 amide bonds. The highest BCUT2D eigenvalue weighted by Crippen LogP contribution is 2.35. The van der Waals surface area contributed by atoms with Gasteiger partial charge in [0.05, 0.1) is 6.61 Å². The Balaban J connectivity index is 2.52. The first-order valence-electron chi connectivity index (χ1n) is 5.50. The lowest BCUT2D eigenvalue weighted by Gasteiger charge is -2.27. The van der Waals surface area contributed by atoms with Gasteiger partial charge in [-0.1, -0.05) is 5.92 Å². The number of aliphatic hydroxyl groups is 2. The van der Waals surface area contributed by atoms with Crippen LogP contribution in [0.5, 0.6) is 0 Å². The Hall–Kier alpha value is -1.70. The highest BCUT2D eigenvalue weighted by molar-refractivity contribution is 6.30. The van der Waals surface area contributed by atoms with E-state index in [1.807, 2.05) is 0 Å². The molecule has 1 unspecified atom stereocenters. The van der Waals surface area contributed by atoms with Gasteiger partial charge in [-0.3, -0.25) is 4.57 Å². The molecule has 6 N–H and O–H groups in total. The van der Waals surface area contributed by atoms with Crippen LogP contribution >= 0.6 is 11.6 Å². The third-order valence-corrected chi connectivity index (χ3v) is 3.09. The van der Waals surface area contributed by atoms with E-state index in [0.29, 0.717) is 0 Å². The van der Waals surface area contributed by atoms with Gasteiger partial charge in [-0.25, -0.2) is 9.78 Å². The lowest BCUT2D eigenvalue weighted by molar-refractivity contribution is -0.0480. The van der Waals surface area contributed by atoms with Crippen LogP contribution in [-0.2, 0) is 4.74 Å². The zero-order chi connectivity index (χ0) is 14.9. The van der Waals surface area contributed by atoms with Gasteiger partial charge in [-0.2, -0.15) is 4.98 Å². The fraction of sp³-hybridized carbons (Fsp3) is 0.500. The second-order valence-corrected chi connectivity index (χ2v) is 4.40. The number of nitrogens with zero attached hydrogens (tertiary/aromatic N) is 3. The Bertz CT molecular complexity index is 626. The van der Waals surface area contributed by atoms with Gasteiger partial charge in [0.15, 0.2) is 11.8 Å². The minimum atomic E-state index is -1.70. The van der Waals surface area contributed by atoms with E-state index in [1.54, 1.807) is 0 Å². The number of nitrogens with two attached hydrogens (primary N) is 2. The maximum atomic E-state index is 11.8. The highest BCUT2D eigenvalue weighted by Gasteiger charge is 2.54. The van der Waals surface area contributed by atoms with Crippen LogP contribution in [0.15, 0.2) is 11.1 Å². The van der Waals surface area contributed by atoms with E-state index in [1.165, 1.54) is 0 Å². The molecule has 1 aliphatic rings. The van der Waals surface area contributed by atoms with Crippen LogP contribution < -0.4 is 17.2 Å². The quantitative estimate of drug-likeness (QED) is 0.433. The SMILES string of the molecule is Nc1ncn([C@@H]2O[C@H](CO)C(O)[C@]2(N)C#CCl)c(=O)n1. The molecule has 10 heteroatoms. The first-order chi connectivity index (χ1) is 9.43. The number of hydrogen-bond donors (Lipinski definition) is 4. The number of hydrogen-bond acceptors (Lipinski definition) is 8. The smallest absolute Gasteiger partial charge is 0.354 e. The molecule has 0 saturated carbocycles. The summed E-state index contributed by atoms with van der Waals surface area (Å²) in [5.74, 6) is 2.17. The third kappa shape index (κ3) is 2.24. The van der Waals surface area contributed by atoms with E-state index in [9.17, 15) is 9.90 Å². The van der Waals surface area contributed by atoms with Crippen molar-refractivity contribution in [3.63, 3.8) is 0 Å². The summed E-state index contributed by atoms with van der Waals surface area (Å²) in [6, 6.07) is 0. The summed E-state index contributed by atoms with van der Waals surface area (Å²) >= 11 is 5.34. The fourth-order valence-electron chi connectivity index (χ4n) is 1.98. The molecule has 0 spiro atoms. The molecule has 1 fully saturated rings. The molecule has 1 aliphatic heterocycles. The second-order valence-electron chi connectivity index (χ2n) is 4.21. The summed E-state index contributed by atoms with van der Waals surface area (Å²) in [7, 11) is 0. The predicted molar refractivity (Wildman–Crippen MR) is 68.3 cm³/mol. The molecule has 0 radical (unpaired) electrons. The third-order valence-electron chi connectivity index (χ3n) is 3.00. The van der Waals surface area contributed by atoms with Crippen molar-refractivity contribution in [3.8, 4) is 11.3 Å². The second kappa shape index (κ2) is 5.35. The number of nitrogen functional groups attached to an aromatic ring is 1. The molecule has 9 nitrogen and oxygen atoms in total. The molecule has 0 bridgehead atoms. The summed E-state index contributed by atoms with van der Waals surface area (Å²) in [6.07, 6.45) is -2.52. The van der Waals surface area contributed by atoms with Crippen LogP contribution in [0.3, 0.4) is 0 Å². The summed E-state index contributed by atoms with van der Waals surface area (Å²) < 4.78 is 6.28. The first kappa shape index (κ1) is 14.7. The Morgan fingerprint density at radius 1 is 1.65 bits per heavy atom. The van der Waals surface area contributed by atoms with Crippen LogP contribution in [0.25, 0.3) is 0 Å². The van der Waals surface area contributed by atoms with Gasteiger partial charge < -0.3 is 26.4 Å². The Kier molecular flexibility index (Phi) is 3.94. The minimum absolute atomic E-state index is 0.213. The van der Waals surface area contributed by atoms with Crippen LogP contribution in [0, 0.1) is 11.3 Å². The molecular weight excluding hydrogens is 290 g/mol. The molecule has 4 atom stereocenters. The van der Waals surface area contributed by atoms with Crippen molar-refractivity contribution < 1.29 is 14.9 Å². The topological polar surface area (TPSA) is 150 Å². The average molecular weight is 302 g/mol. The van der Waals surface area contributed by atoms with Crippen LogP contribution in [-0.4, -0.2) is 49.1 Å². The first-order valence-corrected chi connectivity index (χ1v) is 5.88. The molecule has 0 aromatic carbocycles. The largest absolute Gasteiger partial charge is 0.394 e. The highest BCUT2D eigenvalue weighted by atomic mass is 35.5. The summed E-state index contributed by atoms with van der Waals surface area (Å²) in [5, 5.41) is 21.3. The zero-order valence-corrected chi connectivity index (χ0v) is 10.9. The molecule has 1 aromatic rings. The van der Waals surface area contributed by atoms with Gasteiger partial charge >= 0.3 is 5.69 Å². The number of ether oxygens (including phenoxy) is 1. The van der Waals surface area contributed by atoms with Crippen molar-refractivity contribution in [2.24, 2.45) is 5.73 Å². The van der Waals surface area contributed by atoms with E-state index < -0.39 is 36.3 Å². The number of aromatic nitrogens is 3. The monoisotopic (exact) mass is 301 g/mol. The van der Waals surface area contributed by atoms with Gasteiger partial charge in [0.25, 0.3) is 0 Å². The van der Waals surface area contributed by atoms with Crippen molar-refractivity contribution >= 4 is 17.5 Å². The number of halogens is 1. The maximum absolute atomic E-state index is 11.8. The molecule has 2 heterocycles. The standard InChI is InChI=1S/C10H12ClN5O4/c11-2-1-10(13)6(18)5(3-17)20-7(10)16-4-14-8(12)15-9(16)19/h4-7,17-18H,3,13H2,(H2,12,15,19)/t5-,6?,7-,10-/m1/s1. The molecule has 20 heavy (non-hydrogen) atoms. The van der Waals surface area contributed by atoms with Gasteiger partial charge in [-0.15, -0.1) is 0 Å². The van der Waals surface area contributed by atoms with Gasteiger partial charge in [0.1, 0.15) is 18.5 Å². The van der Waals surface area contributed by atoms with Crippen LogP contribution in [0.4, 0.5) is 5.95 Å². The Labute approximate surface area is 118 Å². The van der Waals surface area contributed by atoms with Crippen LogP contribution in [0.1, 0.15) is 6.23 Å². The molecule has 1 saturated heterocycles. The molecule has 108 valence electrons. The van der Waals surface area contributed by atoms with Gasteiger partial charge in [0, 0.05) is 5.38 Å². The maximum Gasteiger partial charge on any atom is 0.354 e. The number of rotatable bonds is 2. The van der Waals surface area contributed by atoms with Crippen molar-refractivity contribution in [3.05, 3.63) is 16.8 Å². The van der Waals surface area contributed by atoms with E-state index in [0.717, 1.165) is 10.9 Å².